The van der Waals surface area contributed by atoms with Crippen LogP contribution in [-0.2, 0) is 13.0 Å². The normalized spacial score (nSPS) is 12.6. The molecular formula is C15H20FN3S. The highest BCUT2D eigenvalue weighted by molar-refractivity contribution is 7.99. The minimum Gasteiger partial charge on any atom is -0.335 e. The largest absolute Gasteiger partial charge is 0.335 e. The lowest BCUT2D eigenvalue weighted by Crippen LogP contribution is -2.27. The van der Waals surface area contributed by atoms with Crippen LogP contribution in [0.3, 0.4) is 0 Å². The first-order valence-electron chi connectivity index (χ1n) is 6.83. The molecule has 1 unspecified atom stereocenters. The summed E-state index contributed by atoms with van der Waals surface area (Å²) < 4.78 is 15.2. The van der Waals surface area contributed by atoms with Crippen molar-refractivity contribution >= 4 is 11.8 Å². The van der Waals surface area contributed by atoms with Gasteiger partial charge in [0.05, 0.1) is 0 Å². The molecule has 2 N–H and O–H groups in total. The Bertz CT molecular complexity index is 541. The van der Waals surface area contributed by atoms with Gasteiger partial charge in [0.2, 0.25) is 0 Å². The average molecular weight is 293 g/mol. The van der Waals surface area contributed by atoms with Gasteiger partial charge in [-0.05, 0) is 24.6 Å². The first-order chi connectivity index (χ1) is 9.69. The van der Waals surface area contributed by atoms with E-state index in [1.54, 1.807) is 17.8 Å². The van der Waals surface area contributed by atoms with E-state index in [0.29, 0.717) is 0 Å². The van der Waals surface area contributed by atoms with Gasteiger partial charge in [0.1, 0.15) is 11.6 Å². The summed E-state index contributed by atoms with van der Waals surface area (Å²) in [4.78, 5) is 5.27. The van der Waals surface area contributed by atoms with Gasteiger partial charge < -0.3 is 10.3 Å². The van der Waals surface area contributed by atoms with Crippen molar-refractivity contribution in [3.63, 3.8) is 0 Å². The van der Waals surface area contributed by atoms with E-state index in [0.717, 1.165) is 35.9 Å². The van der Waals surface area contributed by atoms with Crippen LogP contribution in [0.25, 0.3) is 0 Å². The number of aromatic nitrogens is 2. The molecule has 0 saturated carbocycles. The Morgan fingerprint density at radius 2 is 2.30 bits per heavy atom. The SMILES string of the molecule is CCCn1ccnc1CC(N)CSc1cccc(F)c1. The fourth-order valence-electron chi connectivity index (χ4n) is 2.03. The third-order valence-electron chi connectivity index (χ3n) is 2.97. The lowest BCUT2D eigenvalue weighted by atomic mass is 10.2. The van der Waals surface area contributed by atoms with Crippen LogP contribution >= 0.6 is 11.8 Å². The number of halogens is 1. The van der Waals surface area contributed by atoms with E-state index in [-0.39, 0.29) is 11.9 Å². The second kappa shape index (κ2) is 7.45. The van der Waals surface area contributed by atoms with Gasteiger partial charge in [-0.1, -0.05) is 13.0 Å². The number of benzene rings is 1. The van der Waals surface area contributed by atoms with Crippen LogP contribution in [0.4, 0.5) is 4.39 Å². The number of nitrogens with zero attached hydrogens (tertiary/aromatic N) is 2. The quantitative estimate of drug-likeness (QED) is 0.798. The second-order valence-corrected chi connectivity index (χ2v) is 5.86. The molecule has 1 atom stereocenters. The van der Waals surface area contributed by atoms with Crippen molar-refractivity contribution in [3.8, 4) is 0 Å². The van der Waals surface area contributed by atoms with Crippen molar-refractivity contribution in [1.82, 2.24) is 9.55 Å². The van der Waals surface area contributed by atoms with Gasteiger partial charge in [-0.25, -0.2) is 9.37 Å². The predicted octanol–water partition coefficient (Wildman–Crippen LogP) is 3.09. The molecule has 0 aliphatic carbocycles. The Hall–Kier alpha value is -1.33. The van der Waals surface area contributed by atoms with E-state index in [4.69, 9.17) is 5.73 Å². The van der Waals surface area contributed by atoms with Crippen molar-refractivity contribution in [2.24, 2.45) is 5.73 Å². The van der Waals surface area contributed by atoms with E-state index < -0.39 is 0 Å². The van der Waals surface area contributed by atoms with E-state index >= 15 is 0 Å². The molecule has 5 heteroatoms. The zero-order chi connectivity index (χ0) is 14.4. The number of aryl methyl sites for hydroxylation is 1. The maximum absolute atomic E-state index is 13.1. The standard InChI is InChI=1S/C15H20FN3S/c1-2-7-19-8-6-18-15(19)10-13(17)11-20-14-5-3-4-12(16)9-14/h3-6,8-9,13H,2,7,10-11,17H2,1H3. The van der Waals surface area contributed by atoms with Crippen LogP contribution in [-0.4, -0.2) is 21.3 Å². The molecule has 0 saturated heterocycles. The smallest absolute Gasteiger partial charge is 0.124 e. The number of rotatable bonds is 7. The molecule has 2 rings (SSSR count). The van der Waals surface area contributed by atoms with Crippen molar-refractivity contribution in [1.29, 1.82) is 0 Å². The molecule has 0 aliphatic heterocycles. The zero-order valence-electron chi connectivity index (χ0n) is 11.6. The minimum atomic E-state index is -0.206. The molecule has 1 aromatic heterocycles. The average Bonchev–Trinajstić information content (AvgIpc) is 2.84. The third kappa shape index (κ3) is 4.35. The number of thioether (sulfide) groups is 1. The van der Waals surface area contributed by atoms with E-state index in [2.05, 4.69) is 16.5 Å². The maximum atomic E-state index is 13.1. The molecule has 0 radical (unpaired) electrons. The predicted molar refractivity (Wildman–Crippen MR) is 81.3 cm³/mol. The molecule has 0 aliphatic rings. The molecule has 0 spiro atoms. The van der Waals surface area contributed by atoms with E-state index in [9.17, 15) is 4.39 Å². The van der Waals surface area contributed by atoms with E-state index in [1.807, 2.05) is 18.5 Å². The highest BCUT2D eigenvalue weighted by atomic mass is 32.2. The summed E-state index contributed by atoms with van der Waals surface area (Å²) in [5.41, 5.74) is 6.15. The van der Waals surface area contributed by atoms with Crippen molar-refractivity contribution in [3.05, 3.63) is 48.3 Å². The van der Waals surface area contributed by atoms with Gasteiger partial charge in [-0.2, -0.15) is 0 Å². The lowest BCUT2D eigenvalue weighted by Gasteiger charge is -2.12. The number of hydrogen-bond acceptors (Lipinski definition) is 3. The summed E-state index contributed by atoms with van der Waals surface area (Å²) in [5.74, 6) is 1.57. The number of imidazole rings is 1. The highest BCUT2D eigenvalue weighted by Gasteiger charge is 2.09. The summed E-state index contributed by atoms with van der Waals surface area (Å²) in [6.45, 7) is 3.11. The molecule has 0 fully saturated rings. The first-order valence-corrected chi connectivity index (χ1v) is 7.81. The monoisotopic (exact) mass is 293 g/mol. The Balaban J connectivity index is 1.86. The molecule has 0 bridgehead atoms. The summed E-state index contributed by atoms with van der Waals surface area (Å²) in [5, 5.41) is 0. The molecule has 3 nitrogen and oxygen atoms in total. The molecule has 108 valence electrons. The summed E-state index contributed by atoms with van der Waals surface area (Å²) >= 11 is 1.58. The lowest BCUT2D eigenvalue weighted by molar-refractivity contribution is 0.607. The van der Waals surface area contributed by atoms with Crippen LogP contribution < -0.4 is 5.73 Å². The number of nitrogens with two attached hydrogens (primary N) is 1. The molecular weight excluding hydrogens is 273 g/mol. The van der Waals surface area contributed by atoms with E-state index in [1.165, 1.54) is 12.1 Å². The topological polar surface area (TPSA) is 43.8 Å². The molecule has 2 aromatic rings. The second-order valence-electron chi connectivity index (χ2n) is 4.77. The van der Waals surface area contributed by atoms with Gasteiger partial charge in [0.15, 0.2) is 0 Å². The van der Waals surface area contributed by atoms with Crippen LogP contribution in [0.15, 0.2) is 41.6 Å². The maximum Gasteiger partial charge on any atom is 0.124 e. The number of hydrogen-bond donors (Lipinski definition) is 1. The van der Waals surface area contributed by atoms with Crippen LogP contribution in [0.5, 0.6) is 0 Å². The van der Waals surface area contributed by atoms with Crippen molar-refractivity contribution in [2.45, 2.75) is 37.2 Å². The van der Waals surface area contributed by atoms with Gasteiger partial charge in [0, 0.05) is 42.0 Å². The first kappa shape index (κ1) is 15.1. The third-order valence-corrected chi connectivity index (χ3v) is 4.15. The Morgan fingerprint density at radius 1 is 1.45 bits per heavy atom. The summed E-state index contributed by atoms with van der Waals surface area (Å²) in [7, 11) is 0. The Labute approximate surface area is 123 Å². The summed E-state index contributed by atoms with van der Waals surface area (Å²) in [6.07, 6.45) is 5.63. The molecule has 1 aromatic carbocycles. The highest BCUT2D eigenvalue weighted by Crippen LogP contribution is 2.19. The fraction of sp³-hybridized carbons (Fsp3) is 0.400. The van der Waals surface area contributed by atoms with Gasteiger partial charge >= 0.3 is 0 Å². The van der Waals surface area contributed by atoms with Crippen molar-refractivity contribution < 1.29 is 4.39 Å². The van der Waals surface area contributed by atoms with Gasteiger partial charge in [-0.3, -0.25) is 0 Å². The van der Waals surface area contributed by atoms with Gasteiger partial charge in [0.25, 0.3) is 0 Å². The van der Waals surface area contributed by atoms with Crippen LogP contribution in [0.2, 0.25) is 0 Å². The fourth-order valence-corrected chi connectivity index (χ4v) is 2.92. The summed E-state index contributed by atoms with van der Waals surface area (Å²) in [6, 6.07) is 6.62. The van der Waals surface area contributed by atoms with Crippen LogP contribution in [0, 0.1) is 5.82 Å². The Morgan fingerprint density at radius 3 is 3.05 bits per heavy atom. The minimum absolute atomic E-state index is 0.0151. The molecule has 20 heavy (non-hydrogen) atoms. The molecule has 0 amide bonds. The zero-order valence-corrected chi connectivity index (χ0v) is 12.4. The van der Waals surface area contributed by atoms with Gasteiger partial charge in [-0.15, -0.1) is 11.8 Å². The Kier molecular flexibility index (Phi) is 5.61. The van der Waals surface area contributed by atoms with Crippen molar-refractivity contribution in [2.75, 3.05) is 5.75 Å². The van der Waals surface area contributed by atoms with Crippen LogP contribution in [0.1, 0.15) is 19.2 Å². The molecule has 1 heterocycles.